The second-order valence-electron chi connectivity index (χ2n) is 7.05. The topological polar surface area (TPSA) is 23.6 Å². The van der Waals surface area contributed by atoms with E-state index in [-0.39, 0.29) is 11.3 Å². The lowest BCUT2D eigenvalue weighted by atomic mass is 9.91. The predicted octanol–water partition coefficient (Wildman–Crippen LogP) is 4.47. The number of hydrogen-bond donors (Lipinski definition) is 0. The lowest BCUT2D eigenvalue weighted by molar-refractivity contribution is -0.132. The number of rotatable bonds is 2. The maximum atomic E-state index is 12.4. The molecule has 1 aromatic rings. The molecule has 0 spiro atoms. The lowest BCUT2D eigenvalue weighted by Gasteiger charge is -2.26. The van der Waals surface area contributed by atoms with Crippen LogP contribution in [0.15, 0.2) is 18.2 Å². The molecule has 1 heterocycles. The molecule has 0 aromatic heterocycles. The summed E-state index contributed by atoms with van der Waals surface area (Å²) in [5.74, 6) is 0.247. The van der Waals surface area contributed by atoms with Gasteiger partial charge in [0.25, 0.3) is 0 Å². The van der Waals surface area contributed by atoms with Crippen LogP contribution in [0.2, 0.25) is 10.0 Å². The van der Waals surface area contributed by atoms with Crippen LogP contribution in [0.1, 0.15) is 33.6 Å². The number of amides is 1. The number of carbonyl (C=O) groups excluding carboxylic acids is 1. The van der Waals surface area contributed by atoms with Crippen LogP contribution < -0.4 is 4.90 Å². The molecular formula is C17H24Cl2N2O. The zero-order valence-electron chi connectivity index (χ0n) is 13.5. The van der Waals surface area contributed by atoms with Crippen LogP contribution in [-0.2, 0) is 4.79 Å². The Hall–Kier alpha value is -0.930. The fraction of sp³-hybridized carbons (Fsp3) is 0.588. The van der Waals surface area contributed by atoms with Crippen LogP contribution in [-0.4, -0.2) is 37.0 Å². The summed E-state index contributed by atoms with van der Waals surface area (Å²) in [5.41, 5.74) is 1.03. The second kappa shape index (κ2) is 7.10. The van der Waals surface area contributed by atoms with Gasteiger partial charge in [0, 0.05) is 37.6 Å². The van der Waals surface area contributed by atoms with E-state index in [0.717, 1.165) is 38.3 Å². The van der Waals surface area contributed by atoms with Gasteiger partial charge in [0.2, 0.25) is 5.91 Å². The van der Waals surface area contributed by atoms with Crippen molar-refractivity contribution in [2.75, 3.05) is 31.1 Å². The number of carbonyl (C=O) groups is 1. The molecular weight excluding hydrogens is 319 g/mol. The van der Waals surface area contributed by atoms with E-state index in [1.54, 1.807) is 6.07 Å². The van der Waals surface area contributed by atoms with Gasteiger partial charge in [-0.1, -0.05) is 44.0 Å². The quantitative estimate of drug-likeness (QED) is 0.791. The fourth-order valence-corrected chi connectivity index (χ4v) is 3.24. The summed E-state index contributed by atoms with van der Waals surface area (Å²) in [6.07, 6.45) is 1.55. The Labute approximate surface area is 143 Å². The standard InChI is InChI=1S/C17H24Cl2N2O/c1-17(2,3)12-16(22)21-8-4-7-20(9-10-21)15-6-5-13(18)11-14(15)19/h5-6,11H,4,7-10,12H2,1-3H3. The smallest absolute Gasteiger partial charge is 0.223 e. The average molecular weight is 343 g/mol. The van der Waals surface area contributed by atoms with Crippen molar-refractivity contribution in [1.29, 1.82) is 0 Å². The number of hydrogen-bond acceptors (Lipinski definition) is 2. The van der Waals surface area contributed by atoms with E-state index >= 15 is 0 Å². The first-order chi connectivity index (χ1) is 10.3. The molecule has 3 nitrogen and oxygen atoms in total. The molecule has 1 aromatic carbocycles. The highest BCUT2D eigenvalue weighted by Gasteiger charge is 2.24. The van der Waals surface area contributed by atoms with Gasteiger partial charge in [-0.15, -0.1) is 0 Å². The van der Waals surface area contributed by atoms with Gasteiger partial charge in [0.15, 0.2) is 0 Å². The normalized spacial score (nSPS) is 16.6. The zero-order valence-corrected chi connectivity index (χ0v) is 15.0. The van der Waals surface area contributed by atoms with Crippen molar-refractivity contribution in [1.82, 2.24) is 4.90 Å². The van der Waals surface area contributed by atoms with Gasteiger partial charge in [-0.3, -0.25) is 4.79 Å². The monoisotopic (exact) mass is 342 g/mol. The summed E-state index contributed by atoms with van der Waals surface area (Å²) >= 11 is 12.3. The van der Waals surface area contributed by atoms with Crippen molar-refractivity contribution in [2.24, 2.45) is 5.41 Å². The maximum absolute atomic E-state index is 12.4. The van der Waals surface area contributed by atoms with E-state index in [1.165, 1.54) is 0 Å². The summed E-state index contributed by atoms with van der Waals surface area (Å²) < 4.78 is 0. The van der Waals surface area contributed by atoms with Gasteiger partial charge >= 0.3 is 0 Å². The Morgan fingerprint density at radius 1 is 1.14 bits per heavy atom. The number of benzene rings is 1. The van der Waals surface area contributed by atoms with E-state index in [4.69, 9.17) is 23.2 Å². The minimum Gasteiger partial charge on any atom is -0.368 e. The SMILES string of the molecule is CC(C)(C)CC(=O)N1CCCN(c2ccc(Cl)cc2Cl)CC1. The van der Waals surface area contributed by atoms with E-state index < -0.39 is 0 Å². The predicted molar refractivity (Wildman–Crippen MR) is 93.9 cm³/mol. The molecule has 1 aliphatic rings. The lowest BCUT2D eigenvalue weighted by Crippen LogP contribution is -2.37. The van der Waals surface area contributed by atoms with Crippen molar-refractivity contribution < 1.29 is 4.79 Å². The molecule has 0 atom stereocenters. The molecule has 0 unspecified atom stereocenters. The van der Waals surface area contributed by atoms with Crippen molar-refractivity contribution in [2.45, 2.75) is 33.6 Å². The van der Waals surface area contributed by atoms with Crippen LogP contribution in [0.5, 0.6) is 0 Å². The Bertz CT molecular complexity index is 540. The molecule has 2 rings (SSSR count). The first kappa shape index (κ1) is 17.4. The summed E-state index contributed by atoms with van der Waals surface area (Å²) in [5, 5.41) is 1.31. The molecule has 5 heteroatoms. The average Bonchev–Trinajstić information content (AvgIpc) is 2.62. The molecule has 122 valence electrons. The Morgan fingerprint density at radius 2 is 1.86 bits per heavy atom. The van der Waals surface area contributed by atoms with Gasteiger partial charge in [-0.2, -0.15) is 0 Å². The number of anilines is 1. The molecule has 1 amide bonds. The van der Waals surface area contributed by atoms with Gasteiger partial charge in [-0.05, 0) is 30.0 Å². The summed E-state index contributed by atoms with van der Waals surface area (Å²) in [7, 11) is 0. The molecule has 0 saturated carbocycles. The minimum atomic E-state index is 0.0303. The highest BCUT2D eigenvalue weighted by Crippen LogP contribution is 2.29. The zero-order chi connectivity index (χ0) is 16.3. The van der Waals surface area contributed by atoms with Gasteiger partial charge < -0.3 is 9.80 Å². The summed E-state index contributed by atoms with van der Waals surface area (Å²) in [6, 6.07) is 5.58. The largest absolute Gasteiger partial charge is 0.368 e. The third-order valence-electron chi connectivity index (χ3n) is 3.78. The number of halogens is 2. The second-order valence-corrected chi connectivity index (χ2v) is 7.90. The molecule has 0 radical (unpaired) electrons. The summed E-state index contributed by atoms with van der Waals surface area (Å²) in [4.78, 5) is 16.6. The van der Waals surface area contributed by atoms with Crippen molar-refractivity contribution in [3.05, 3.63) is 28.2 Å². The molecule has 0 aliphatic carbocycles. The van der Waals surface area contributed by atoms with E-state index in [1.807, 2.05) is 17.0 Å². The van der Waals surface area contributed by atoms with Crippen LogP contribution in [0.25, 0.3) is 0 Å². The van der Waals surface area contributed by atoms with E-state index in [0.29, 0.717) is 16.5 Å². The maximum Gasteiger partial charge on any atom is 0.223 e. The molecule has 0 bridgehead atoms. The van der Waals surface area contributed by atoms with Crippen molar-refractivity contribution in [3.63, 3.8) is 0 Å². The third-order valence-corrected chi connectivity index (χ3v) is 4.32. The highest BCUT2D eigenvalue weighted by atomic mass is 35.5. The number of nitrogens with zero attached hydrogens (tertiary/aromatic N) is 2. The van der Waals surface area contributed by atoms with E-state index in [2.05, 4.69) is 25.7 Å². The van der Waals surface area contributed by atoms with Gasteiger partial charge in [0.1, 0.15) is 0 Å². The molecule has 0 N–H and O–H groups in total. The Morgan fingerprint density at radius 3 is 2.50 bits per heavy atom. The van der Waals surface area contributed by atoms with Gasteiger partial charge in [0.05, 0.1) is 10.7 Å². The van der Waals surface area contributed by atoms with Crippen molar-refractivity contribution >= 4 is 34.8 Å². The first-order valence-corrected chi connectivity index (χ1v) is 8.50. The van der Waals surface area contributed by atoms with Crippen molar-refractivity contribution in [3.8, 4) is 0 Å². The van der Waals surface area contributed by atoms with Gasteiger partial charge in [-0.25, -0.2) is 0 Å². The highest BCUT2D eigenvalue weighted by molar-refractivity contribution is 6.36. The van der Waals surface area contributed by atoms with Crippen LogP contribution in [0.3, 0.4) is 0 Å². The molecule has 1 aliphatic heterocycles. The third kappa shape index (κ3) is 4.79. The van der Waals surface area contributed by atoms with Crippen LogP contribution in [0, 0.1) is 5.41 Å². The van der Waals surface area contributed by atoms with Crippen LogP contribution >= 0.6 is 23.2 Å². The first-order valence-electron chi connectivity index (χ1n) is 7.74. The summed E-state index contributed by atoms with van der Waals surface area (Å²) in [6.45, 7) is 9.57. The van der Waals surface area contributed by atoms with E-state index in [9.17, 15) is 4.79 Å². The Kier molecular flexibility index (Phi) is 5.62. The minimum absolute atomic E-state index is 0.0303. The van der Waals surface area contributed by atoms with Crippen LogP contribution in [0.4, 0.5) is 5.69 Å². The fourth-order valence-electron chi connectivity index (χ4n) is 2.71. The Balaban J connectivity index is 2.02. The molecule has 22 heavy (non-hydrogen) atoms. The molecule has 1 saturated heterocycles. The molecule has 1 fully saturated rings.